The summed E-state index contributed by atoms with van der Waals surface area (Å²) >= 11 is 18.9. The second kappa shape index (κ2) is 15.1. The topological polar surface area (TPSA) is 126 Å². The van der Waals surface area contributed by atoms with Crippen LogP contribution in [0, 0.1) is 0 Å². The lowest BCUT2D eigenvalue weighted by molar-refractivity contribution is -0.149. The van der Waals surface area contributed by atoms with Gasteiger partial charge in [-0.3, -0.25) is 14.4 Å². The molecule has 0 aromatic heterocycles. The highest BCUT2D eigenvalue weighted by Crippen LogP contribution is 2.40. The SMILES string of the molecule is CC(=O)O[C@@H](CCl)COc1c(Cl)cc(C(C)(C)c2ccc(OC[C@@H](CN(C(C)=O)S(C)(=O)=O)OC(C)=O)cc2)cc1Cl. The molecule has 0 N–H and O–H groups in total. The summed E-state index contributed by atoms with van der Waals surface area (Å²) in [6.07, 6.45) is -0.786. The van der Waals surface area contributed by atoms with Crippen LogP contribution >= 0.6 is 34.8 Å². The van der Waals surface area contributed by atoms with Crippen molar-refractivity contribution in [3.8, 4) is 11.5 Å². The molecule has 42 heavy (non-hydrogen) atoms. The maximum Gasteiger partial charge on any atom is 0.303 e. The van der Waals surface area contributed by atoms with Gasteiger partial charge in [-0.15, -0.1) is 11.6 Å². The van der Waals surface area contributed by atoms with Gasteiger partial charge in [0, 0.05) is 26.2 Å². The van der Waals surface area contributed by atoms with Crippen molar-refractivity contribution in [3.63, 3.8) is 0 Å². The number of amides is 1. The van der Waals surface area contributed by atoms with Crippen molar-refractivity contribution in [3.05, 3.63) is 57.6 Å². The van der Waals surface area contributed by atoms with Crippen molar-refractivity contribution in [1.82, 2.24) is 4.31 Å². The van der Waals surface area contributed by atoms with Gasteiger partial charge < -0.3 is 18.9 Å². The fourth-order valence-corrected chi connectivity index (χ4v) is 5.60. The Balaban J connectivity index is 2.18. The van der Waals surface area contributed by atoms with Gasteiger partial charge in [-0.05, 0) is 35.4 Å². The number of carbonyl (C=O) groups is 3. The average molecular weight is 667 g/mol. The number of hydrogen-bond acceptors (Lipinski definition) is 9. The number of esters is 2. The van der Waals surface area contributed by atoms with E-state index in [1.165, 1.54) is 13.8 Å². The van der Waals surface area contributed by atoms with E-state index >= 15 is 0 Å². The van der Waals surface area contributed by atoms with Crippen LogP contribution in [-0.4, -0.2) is 74.7 Å². The van der Waals surface area contributed by atoms with Crippen LogP contribution in [0.15, 0.2) is 36.4 Å². The number of carbonyl (C=O) groups excluding carboxylic acids is 3. The van der Waals surface area contributed by atoms with Gasteiger partial charge >= 0.3 is 11.9 Å². The van der Waals surface area contributed by atoms with Crippen LogP contribution in [0.4, 0.5) is 0 Å². The van der Waals surface area contributed by atoms with Gasteiger partial charge in [-0.25, -0.2) is 12.7 Å². The monoisotopic (exact) mass is 665 g/mol. The molecule has 10 nitrogen and oxygen atoms in total. The van der Waals surface area contributed by atoms with E-state index in [2.05, 4.69) is 0 Å². The number of benzene rings is 2. The largest absolute Gasteiger partial charge is 0.490 e. The molecule has 2 aromatic rings. The van der Waals surface area contributed by atoms with Crippen LogP contribution in [-0.2, 0) is 39.3 Å². The molecule has 2 aromatic carbocycles. The van der Waals surface area contributed by atoms with Crippen molar-refractivity contribution in [2.24, 2.45) is 0 Å². The Morgan fingerprint density at radius 3 is 1.81 bits per heavy atom. The van der Waals surface area contributed by atoms with Crippen molar-refractivity contribution < 1.29 is 41.7 Å². The highest BCUT2D eigenvalue weighted by atomic mass is 35.5. The van der Waals surface area contributed by atoms with E-state index in [4.69, 9.17) is 53.8 Å². The molecule has 0 aliphatic carbocycles. The number of nitrogens with zero attached hydrogens (tertiary/aromatic N) is 1. The molecule has 0 bridgehead atoms. The van der Waals surface area contributed by atoms with Crippen LogP contribution < -0.4 is 9.47 Å². The first kappa shape index (κ1) is 35.5. The summed E-state index contributed by atoms with van der Waals surface area (Å²) in [4.78, 5) is 34.6. The van der Waals surface area contributed by atoms with Crippen molar-refractivity contribution in [2.45, 2.75) is 52.2 Å². The van der Waals surface area contributed by atoms with E-state index < -0.39 is 45.5 Å². The number of alkyl halides is 1. The molecule has 0 aliphatic rings. The third-order valence-electron chi connectivity index (χ3n) is 6.10. The zero-order valence-corrected chi connectivity index (χ0v) is 27.2. The molecule has 232 valence electrons. The Labute approximate surface area is 261 Å². The van der Waals surface area contributed by atoms with E-state index in [1.807, 2.05) is 26.0 Å². The van der Waals surface area contributed by atoms with Gasteiger partial charge in [0.2, 0.25) is 15.9 Å². The summed E-state index contributed by atoms with van der Waals surface area (Å²) in [5.74, 6) is -1.11. The standard InChI is InChI=1S/C28H34Cl3NO9S/c1-17(33)32(42(6,36)37)14-24(41-19(3)35)16-38-22-9-7-20(8-10-22)28(4,5)21-11-25(30)27(26(31)12-21)39-15-23(13-29)40-18(2)34/h7-12,23-24H,13-16H2,1-6H3/t23-,24+/m0/s1. The second-order valence-corrected chi connectivity index (χ2v) is 13.0. The molecule has 0 spiro atoms. The van der Waals surface area contributed by atoms with Crippen LogP contribution in [0.25, 0.3) is 0 Å². The number of sulfonamides is 1. The fraction of sp³-hybridized carbons (Fsp3) is 0.464. The Hall–Kier alpha value is -2.73. The normalized spacial score (nSPS) is 13.1. The Kier molecular flexibility index (Phi) is 12.8. The summed E-state index contributed by atoms with van der Waals surface area (Å²) in [7, 11) is -3.86. The minimum Gasteiger partial charge on any atom is -0.490 e. The van der Waals surface area contributed by atoms with Crippen LogP contribution in [0.5, 0.6) is 11.5 Å². The molecule has 0 fully saturated rings. The van der Waals surface area contributed by atoms with Crippen LogP contribution in [0.2, 0.25) is 10.0 Å². The van der Waals surface area contributed by atoms with Crippen molar-refractivity contribution >= 4 is 62.7 Å². The molecule has 0 aliphatic heterocycles. The lowest BCUT2D eigenvalue weighted by atomic mass is 9.78. The third kappa shape index (κ3) is 10.2. The van der Waals surface area contributed by atoms with Crippen LogP contribution in [0.1, 0.15) is 45.7 Å². The molecule has 0 heterocycles. The van der Waals surface area contributed by atoms with E-state index in [0.717, 1.165) is 24.3 Å². The lowest BCUT2D eigenvalue weighted by Crippen LogP contribution is -2.43. The molecule has 0 unspecified atom stereocenters. The molecule has 0 radical (unpaired) electrons. The first-order valence-corrected chi connectivity index (χ1v) is 15.8. The molecule has 2 rings (SSSR count). The predicted octanol–water partition coefficient (Wildman–Crippen LogP) is 4.99. The summed E-state index contributed by atoms with van der Waals surface area (Å²) in [6.45, 7) is 6.94. The number of halogens is 3. The molecule has 0 saturated carbocycles. The van der Waals surface area contributed by atoms with E-state index in [0.29, 0.717) is 10.1 Å². The van der Waals surface area contributed by atoms with Crippen molar-refractivity contribution in [1.29, 1.82) is 0 Å². The zero-order valence-electron chi connectivity index (χ0n) is 24.1. The van der Waals surface area contributed by atoms with Gasteiger partial charge in [0.25, 0.3) is 0 Å². The maximum absolute atomic E-state index is 12.0. The van der Waals surface area contributed by atoms with Gasteiger partial charge in [-0.2, -0.15) is 0 Å². The van der Waals surface area contributed by atoms with Crippen molar-refractivity contribution in [2.75, 3.05) is 31.9 Å². The fourth-order valence-electron chi connectivity index (χ4n) is 3.94. The maximum atomic E-state index is 12.0. The van der Waals surface area contributed by atoms with E-state index in [-0.39, 0.29) is 41.4 Å². The molecular weight excluding hydrogens is 633 g/mol. The molecular formula is C28H34Cl3NO9S. The lowest BCUT2D eigenvalue weighted by Gasteiger charge is -2.28. The number of rotatable bonds is 14. The highest BCUT2D eigenvalue weighted by molar-refractivity contribution is 7.88. The zero-order chi connectivity index (χ0) is 31.8. The Morgan fingerprint density at radius 2 is 1.36 bits per heavy atom. The molecule has 2 atom stereocenters. The number of hydrogen-bond donors (Lipinski definition) is 0. The minimum atomic E-state index is -3.86. The summed E-state index contributed by atoms with van der Waals surface area (Å²) < 4.78 is 46.3. The summed E-state index contributed by atoms with van der Waals surface area (Å²) in [5, 5.41) is 0.541. The number of ether oxygens (including phenoxy) is 4. The van der Waals surface area contributed by atoms with Gasteiger partial charge in [0.1, 0.15) is 25.1 Å². The summed E-state index contributed by atoms with van der Waals surface area (Å²) in [5.41, 5.74) is 1.13. The summed E-state index contributed by atoms with van der Waals surface area (Å²) in [6, 6.07) is 10.6. The minimum absolute atomic E-state index is 0.0218. The van der Waals surface area contributed by atoms with Gasteiger partial charge in [0.15, 0.2) is 11.9 Å². The van der Waals surface area contributed by atoms with Gasteiger partial charge in [-0.1, -0.05) is 49.2 Å². The first-order valence-electron chi connectivity index (χ1n) is 12.7. The van der Waals surface area contributed by atoms with Gasteiger partial charge in [0.05, 0.1) is 28.7 Å². The smallest absolute Gasteiger partial charge is 0.303 e. The van der Waals surface area contributed by atoms with E-state index in [9.17, 15) is 22.8 Å². The quantitative estimate of drug-likeness (QED) is 0.203. The second-order valence-electron chi connectivity index (χ2n) is 9.97. The first-order chi connectivity index (χ1) is 19.4. The highest BCUT2D eigenvalue weighted by Gasteiger charge is 2.28. The third-order valence-corrected chi connectivity index (χ3v) is 8.22. The van der Waals surface area contributed by atoms with Crippen LogP contribution in [0.3, 0.4) is 0 Å². The molecule has 14 heteroatoms. The molecule has 1 amide bonds. The predicted molar refractivity (Wildman–Crippen MR) is 160 cm³/mol. The average Bonchev–Trinajstić information content (AvgIpc) is 2.87. The molecule has 0 saturated heterocycles. The Bertz CT molecular complexity index is 1360. The Morgan fingerprint density at radius 1 is 0.857 bits per heavy atom. The van der Waals surface area contributed by atoms with E-state index in [1.54, 1.807) is 24.3 Å².